The second kappa shape index (κ2) is 6.19. The fourth-order valence-corrected chi connectivity index (χ4v) is 2.28. The number of Topliss-reactive ketones (excluding diaryl/α,β-unsaturated/α-hetero) is 1. The minimum Gasteiger partial charge on any atom is -0.456 e. The zero-order chi connectivity index (χ0) is 13.8. The molecule has 0 amide bonds. The van der Waals surface area contributed by atoms with E-state index in [-0.39, 0.29) is 11.2 Å². The van der Waals surface area contributed by atoms with Crippen molar-refractivity contribution in [1.82, 2.24) is 0 Å². The molecule has 0 bridgehead atoms. The third-order valence-electron chi connectivity index (χ3n) is 2.72. The maximum absolute atomic E-state index is 12.0. The Morgan fingerprint density at radius 2 is 2.06 bits per heavy atom. The zero-order valence-electron chi connectivity index (χ0n) is 12.1. The van der Waals surface area contributed by atoms with Crippen LogP contribution < -0.4 is 0 Å². The van der Waals surface area contributed by atoms with Crippen LogP contribution in [0.5, 0.6) is 0 Å². The molecule has 0 aliphatic heterocycles. The third-order valence-corrected chi connectivity index (χ3v) is 2.72. The van der Waals surface area contributed by atoms with Gasteiger partial charge in [-0.15, -0.1) is 0 Å². The number of methoxy groups -OCH3 is 1. The van der Waals surface area contributed by atoms with Crippen LogP contribution in [0.3, 0.4) is 0 Å². The summed E-state index contributed by atoms with van der Waals surface area (Å²) < 4.78 is 10.4. The Bertz CT molecular complexity index is 385. The molecule has 3 heteroatoms. The second-order valence-corrected chi connectivity index (χ2v) is 6.20. The highest BCUT2D eigenvalue weighted by Crippen LogP contribution is 2.27. The van der Waals surface area contributed by atoms with Gasteiger partial charge in [0.05, 0.1) is 0 Å². The molecule has 18 heavy (non-hydrogen) atoms. The molecule has 1 unspecified atom stereocenters. The number of rotatable bonds is 6. The molecule has 0 saturated heterocycles. The average molecular weight is 252 g/mol. The Hall–Kier alpha value is -1.09. The molecule has 0 saturated carbocycles. The lowest BCUT2D eigenvalue weighted by molar-refractivity contribution is 0.0918. The molecule has 1 heterocycles. The summed E-state index contributed by atoms with van der Waals surface area (Å²) in [5.41, 5.74) is 0.254. The van der Waals surface area contributed by atoms with Crippen molar-refractivity contribution in [3.8, 4) is 0 Å². The maximum Gasteiger partial charge on any atom is 0.198 e. The number of furan rings is 1. The van der Waals surface area contributed by atoms with Crippen molar-refractivity contribution in [3.63, 3.8) is 0 Å². The van der Waals surface area contributed by atoms with Gasteiger partial charge in [0.15, 0.2) is 11.5 Å². The monoisotopic (exact) mass is 252 g/mol. The smallest absolute Gasteiger partial charge is 0.198 e. The van der Waals surface area contributed by atoms with Crippen molar-refractivity contribution in [1.29, 1.82) is 0 Å². The summed E-state index contributed by atoms with van der Waals surface area (Å²) in [5.74, 6) is 1.59. The highest BCUT2D eigenvalue weighted by molar-refractivity contribution is 5.93. The Balaban J connectivity index is 2.53. The van der Waals surface area contributed by atoms with Gasteiger partial charge in [-0.05, 0) is 29.9 Å². The SMILES string of the molecule is COCc1ccc(C(=O)CC(C)CC(C)(C)C)o1. The van der Waals surface area contributed by atoms with Crippen LogP contribution in [0.25, 0.3) is 0 Å². The molecular formula is C15H24O3. The lowest BCUT2D eigenvalue weighted by Crippen LogP contribution is -2.14. The van der Waals surface area contributed by atoms with Gasteiger partial charge in [0.1, 0.15) is 12.4 Å². The number of ketones is 1. The van der Waals surface area contributed by atoms with Gasteiger partial charge in [0.25, 0.3) is 0 Å². The summed E-state index contributed by atoms with van der Waals surface area (Å²) in [4.78, 5) is 12.0. The van der Waals surface area contributed by atoms with Gasteiger partial charge in [-0.1, -0.05) is 27.7 Å². The highest BCUT2D eigenvalue weighted by atomic mass is 16.5. The quantitative estimate of drug-likeness (QED) is 0.716. The predicted molar refractivity (Wildman–Crippen MR) is 71.6 cm³/mol. The Morgan fingerprint density at radius 3 is 2.61 bits per heavy atom. The molecule has 1 aromatic heterocycles. The van der Waals surface area contributed by atoms with Gasteiger partial charge in [-0.3, -0.25) is 4.79 Å². The minimum atomic E-state index is 0.0779. The zero-order valence-corrected chi connectivity index (χ0v) is 12.1. The third kappa shape index (κ3) is 5.05. The van der Waals surface area contributed by atoms with E-state index in [1.165, 1.54) is 0 Å². The van der Waals surface area contributed by atoms with Crippen molar-refractivity contribution in [2.75, 3.05) is 7.11 Å². The average Bonchev–Trinajstić information content (AvgIpc) is 2.63. The molecule has 0 aliphatic carbocycles. The fourth-order valence-electron chi connectivity index (χ4n) is 2.28. The number of carbonyl (C=O) groups is 1. The predicted octanol–water partition coefficient (Wildman–Crippen LogP) is 4.07. The molecule has 102 valence electrons. The van der Waals surface area contributed by atoms with Gasteiger partial charge in [-0.2, -0.15) is 0 Å². The van der Waals surface area contributed by atoms with Gasteiger partial charge < -0.3 is 9.15 Å². The Morgan fingerprint density at radius 1 is 1.39 bits per heavy atom. The van der Waals surface area contributed by atoms with Gasteiger partial charge >= 0.3 is 0 Å². The standard InChI is InChI=1S/C15H24O3/c1-11(9-15(2,3)4)8-13(16)14-7-6-12(18-14)10-17-5/h6-7,11H,8-10H2,1-5H3. The second-order valence-electron chi connectivity index (χ2n) is 6.20. The van der Waals surface area contributed by atoms with Gasteiger partial charge in [-0.25, -0.2) is 0 Å². The molecule has 0 aliphatic rings. The van der Waals surface area contributed by atoms with Crippen LogP contribution in [-0.4, -0.2) is 12.9 Å². The normalized spacial score (nSPS) is 13.6. The van der Waals surface area contributed by atoms with Crippen LogP contribution in [-0.2, 0) is 11.3 Å². The van der Waals surface area contributed by atoms with Crippen LogP contribution >= 0.6 is 0 Å². The molecule has 0 fully saturated rings. The first-order chi connectivity index (χ1) is 8.31. The molecule has 0 aromatic carbocycles. The summed E-state index contributed by atoms with van der Waals surface area (Å²) in [5, 5.41) is 0. The number of ether oxygens (including phenoxy) is 1. The molecule has 3 nitrogen and oxygen atoms in total. The minimum absolute atomic E-state index is 0.0779. The van der Waals surface area contributed by atoms with Gasteiger partial charge in [0, 0.05) is 13.5 Å². The maximum atomic E-state index is 12.0. The van der Waals surface area contributed by atoms with E-state index in [4.69, 9.17) is 9.15 Å². The molecule has 0 radical (unpaired) electrons. The van der Waals surface area contributed by atoms with E-state index in [2.05, 4.69) is 27.7 Å². The van der Waals surface area contributed by atoms with Crippen molar-refractivity contribution < 1.29 is 13.9 Å². The molecular weight excluding hydrogens is 228 g/mol. The molecule has 0 N–H and O–H groups in total. The Kier molecular flexibility index (Phi) is 5.15. The summed E-state index contributed by atoms with van der Waals surface area (Å²) in [6.45, 7) is 9.10. The van der Waals surface area contributed by atoms with Crippen LogP contribution in [0.2, 0.25) is 0 Å². The van der Waals surface area contributed by atoms with Crippen LogP contribution in [0.15, 0.2) is 16.5 Å². The summed E-state index contributed by atoms with van der Waals surface area (Å²) in [6, 6.07) is 3.53. The highest BCUT2D eigenvalue weighted by Gasteiger charge is 2.20. The van der Waals surface area contributed by atoms with E-state index in [1.807, 2.05) is 0 Å². The number of carbonyl (C=O) groups excluding carboxylic acids is 1. The molecule has 1 rings (SSSR count). The first kappa shape index (κ1) is 15.0. The van der Waals surface area contributed by atoms with E-state index < -0.39 is 0 Å². The first-order valence-electron chi connectivity index (χ1n) is 6.42. The van der Waals surface area contributed by atoms with E-state index in [0.29, 0.717) is 30.5 Å². The van der Waals surface area contributed by atoms with Crippen LogP contribution in [0.4, 0.5) is 0 Å². The lowest BCUT2D eigenvalue weighted by Gasteiger charge is -2.22. The topological polar surface area (TPSA) is 39.4 Å². The van der Waals surface area contributed by atoms with E-state index >= 15 is 0 Å². The van der Waals surface area contributed by atoms with E-state index in [0.717, 1.165) is 6.42 Å². The van der Waals surface area contributed by atoms with Crippen molar-refractivity contribution in [3.05, 3.63) is 23.7 Å². The van der Waals surface area contributed by atoms with Gasteiger partial charge in [0.2, 0.25) is 0 Å². The lowest BCUT2D eigenvalue weighted by atomic mass is 9.83. The number of hydrogen-bond acceptors (Lipinski definition) is 3. The summed E-state index contributed by atoms with van der Waals surface area (Å²) in [7, 11) is 1.61. The summed E-state index contributed by atoms with van der Waals surface area (Å²) >= 11 is 0. The number of hydrogen-bond donors (Lipinski definition) is 0. The fraction of sp³-hybridized carbons (Fsp3) is 0.667. The molecule has 0 spiro atoms. The van der Waals surface area contributed by atoms with Crippen LogP contribution in [0.1, 0.15) is 56.9 Å². The first-order valence-corrected chi connectivity index (χ1v) is 6.42. The Labute approximate surface area is 110 Å². The van der Waals surface area contributed by atoms with Crippen molar-refractivity contribution in [2.45, 2.75) is 47.1 Å². The van der Waals surface area contributed by atoms with Crippen LogP contribution in [0, 0.1) is 11.3 Å². The van der Waals surface area contributed by atoms with Crippen molar-refractivity contribution >= 4 is 5.78 Å². The van der Waals surface area contributed by atoms with Crippen molar-refractivity contribution in [2.24, 2.45) is 11.3 Å². The largest absolute Gasteiger partial charge is 0.456 e. The molecule has 1 atom stereocenters. The summed E-state index contributed by atoms with van der Waals surface area (Å²) in [6.07, 6.45) is 1.57. The molecule has 1 aromatic rings. The van der Waals surface area contributed by atoms with E-state index in [9.17, 15) is 4.79 Å². The van der Waals surface area contributed by atoms with E-state index in [1.54, 1.807) is 19.2 Å².